The maximum Gasteiger partial charge on any atom is 0.335 e. The van der Waals surface area contributed by atoms with Crippen LogP contribution in [0.1, 0.15) is 16.1 Å². The molecule has 120 valence electrons. The molecule has 2 aromatic rings. The highest BCUT2D eigenvalue weighted by Crippen LogP contribution is 2.23. The van der Waals surface area contributed by atoms with Gasteiger partial charge in [-0.3, -0.25) is 0 Å². The number of ether oxygens (including phenoxy) is 2. The molecule has 7 heteroatoms. The molecule has 1 aromatic heterocycles. The molecular weight excluding hydrogens is 298 g/mol. The van der Waals surface area contributed by atoms with Gasteiger partial charge in [-0.2, -0.15) is 4.98 Å². The number of carbonyl (C=O) groups is 1. The number of nitrogens with zero attached hydrogens (tertiary/aromatic N) is 3. The number of aryl methyl sites for hydroxylation is 1. The van der Waals surface area contributed by atoms with Crippen LogP contribution in [0.15, 0.2) is 30.3 Å². The zero-order chi connectivity index (χ0) is 16.2. The van der Waals surface area contributed by atoms with E-state index in [0.29, 0.717) is 30.8 Å². The van der Waals surface area contributed by atoms with Crippen molar-refractivity contribution in [2.24, 2.45) is 0 Å². The lowest BCUT2D eigenvalue weighted by atomic mass is 10.2. The Bertz CT molecular complexity index is 697. The summed E-state index contributed by atoms with van der Waals surface area (Å²) >= 11 is 0. The number of carboxylic acids is 1. The normalized spacial score (nSPS) is 14.6. The average Bonchev–Trinajstić information content (AvgIpc) is 2.55. The van der Waals surface area contributed by atoms with Gasteiger partial charge in [-0.25, -0.2) is 9.78 Å². The maximum absolute atomic E-state index is 10.9. The molecule has 0 saturated carbocycles. The molecule has 3 rings (SSSR count). The highest BCUT2D eigenvalue weighted by molar-refractivity contribution is 5.87. The third-order valence-corrected chi connectivity index (χ3v) is 3.44. The molecule has 1 N–H and O–H groups in total. The van der Waals surface area contributed by atoms with Crippen LogP contribution >= 0.6 is 0 Å². The first-order chi connectivity index (χ1) is 11.1. The van der Waals surface area contributed by atoms with Gasteiger partial charge in [0.05, 0.1) is 18.8 Å². The van der Waals surface area contributed by atoms with E-state index < -0.39 is 5.97 Å². The molecule has 0 atom stereocenters. The molecule has 1 aliphatic rings. The first-order valence-corrected chi connectivity index (χ1v) is 7.31. The molecule has 23 heavy (non-hydrogen) atoms. The van der Waals surface area contributed by atoms with E-state index in [-0.39, 0.29) is 5.56 Å². The van der Waals surface area contributed by atoms with Crippen LogP contribution in [0.5, 0.6) is 11.6 Å². The van der Waals surface area contributed by atoms with Gasteiger partial charge in [-0.1, -0.05) is 0 Å². The Balaban J connectivity index is 1.79. The van der Waals surface area contributed by atoms with Gasteiger partial charge in [0.2, 0.25) is 11.8 Å². The number of anilines is 1. The van der Waals surface area contributed by atoms with E-state index in [9.17, 15) is 4.79 Å². The fourth-order valence-electron chi connectivity index (χ4n) is 2.27. The number of hydrogen-bond acceptors (Lipinski definition) is 6. The molecule has 0 aliphatic carbocycles. The van der Waals surface area contributed by atoms with E-state index in [0.717, 1.165) is 18.8 Å². The highest BCUT2D eigenvalue weighted by atomic mass is 16.5. The van der Waals surface area contributed by atoms with Gasteiger partial charge in [0.1, 0.15) is 5.75 Å². The van der Waals surface area contributed by atoms with E-state index >= 15 is 0 Å². The molecule has 1 fully saturated rings. The fourth-order valence-corrected chi connectivity index (χ4v) is 2.27. The van der Waals surface area contributed by atoms with Gasteiger partial charge in [-0.15, -0.1) is 0 Å². The number of aromatic carboxylic acids is 1. The Morgan fingerprint density at radius 1 is 1.22 bits per heavy atom. The third-order valence-electron chi connectivity index (χ3n) is 3.44. The van der Waals surface area contributed by atoms with Crippen LogP contribution in [-0.4, -0.2) is 47.3 Å². The van der Waals surface area contributed by atoms with Crippen molar-refractivity contribution in [1.29, 1.82) is 0 Å². The minimum Gasteiger partial charge on any atom is -0.478 e. The molecular formula is C16H17N3O4. The summed E-state index contributed by atoms with van der Waals surface area (Å²) < 4.78 is 11.1. The average molecular weight is 315 g/mol. The second-order valence-corrected chi connectivity index (χ2v) is 5.18. The lowest BCUT2D eigenvalue weighted by molar-refractivity contribution is 0.0697. The summed E-state index contributed by atoms with van der Waals surface area (Å²) in [6, 6.07) is 7.95. The molecule has 0 bridgehead atoms. The molecule has 2 heterocycles. The standard InChI is InChI=1S/C16H17N3O4/c1-11-10-14(18-16(17-11)19-6-8-22-9-7-19)23-13-4-2-12(3-5-13)15(20)21/h2-5,10H,6-9H2,1H3,(H,20,21). The number of morpholine rings is 1. The minimum absolute atomic E-state index is 0.213. The van der Waals surface area contributed by atoms with E-state index in [4.69, 9.17) is 14.6 Å². The van der Waals surface area contributed by atoms with Crippen molar-refractivity contribution in [3.05, 3.63) is 41.6 Å². The molecule has 0 spiro atoms. The number of aromatic nitrogens is 2. The number of hydrogen-bond donors (Lipinski definition) is 1. The Labute approximate surface area is 133 Å². The maximum atomic E-state index is 10.9. The van der Waals surface area contributed by atoms with Crippen LogP contribution in [0, 0.1) is 6.92 Å². The van der Waals surface area contributed by atoms with Crippen molar-refractivity contribution in [2.45, 2.75) is 6.92 Å². The summed E-state index contributed by atoms with van der Waals surface area (Å²) in [4.78, 5) is 21.8. The van der Waals surface area contributed by atoms with Crippen molar-refractivity contribution < 1.29 is 19.4 Å². The number of carboxylic acid groups (broad SMARTS) is 1. The van der Waals surface area contributed by atoms with Crippen LogP contribution in [0.4, 0.5) is 5.95 Å². The summed E-state index contributed by atoms with van der Waals surface area (Å²) in [5.41, 5.74) is 1.02. The largest absolute Gasteiger partial charge is 0.478 e. The summed E-state index contributed by atoms with van der Waals surface area (Å²) in [5.74, 6) is 0.609. The Kier molecular flexibility index (Phi) is 4.38. The third kappa shape index (κ3) is 3.75. The van der Waals surface area contributed by atoms with Gasteiger partial charge in [0.15, 0.2) is 0 Å². The first kappa shape index (κ1) is 15.2. The van der Waals surface area contributed by atoms with E-state index in [1.807, 2.05) is 6.92 Å². The lowest BCUT2D eigenvalue weighted by Gasteiger charge is -2.27. The van der Waals surface area contributed by atoms with Crippen LogP contribution in [0.25, 0.3) is 0 Å². The molecule has 0 radical (unpaired) electrons. The summed E-state index contributed by atoms with van der Waals surface area (Å²) in [6.07, 6.45) is 0. The van der Waals surface area contributed by atoms with Gasteiger partial charge in [0, 0.05) is 24.8 Å². The lowest BCUT2D eigenvalue weighted by Crippen LogP contribution is -2.37. The molecule has 0 unspecified atom stereocenters. The highest BCUT2D eigenvalue weighted by Gasteiger charge is 2.15. The SMILES string of the molecule is Cc1cc(Oc2ccc(C(=O)O)cc2)nc(N2CCOCC2)n1. The predicted octanol–water partition coefficient (Wildman–Crippen LogP) is 2.11. The van der Waals surface area contributed by atoms with Crippen molar-refractivity contribution in [2.75, 3.05) is 31.2 Å². The van der Waals surface area contributed by atoms with Gasteiger partial charge >= 0.3 is 5.97 Å². The second-order valence-electron chi connectivity index (χ2n) is 5.18. The van der Waals surface area contributed by atoms with Gasteiger partial charge in [-0.05, 0) is 31.2 Å². The summed E-state index contributed by atoms with van der Waals surface area (Å²) in [5, 5.41) is 8.91. The van der Waals surface area contributed by atoms with Crippen molar-refractivity contribution in [3.8, 4) is 11.6 Å². The monoisotopic (exact) mass is 315 g/mol. The smallest absolute Gasteiger partial charge is 0.335 e. The Morgan fingerprint density at radius 2 is 1.91 bits per heavy atom. The minimum atomic E-state index is -0.968. The van der Waals surface area contributed by atoms with Crippen LogP contribution < -0.4 is 9.64 Å². The zero-order valence-corrected chi connectivity index (χ0v) is 12.7. The molecule has 1 saturated heterocycles. The van der Waals surface area contributed by atoms with E-state index in [1.54, 1.807) is 18.2 Å². The van der Waals surface area contributed by atoms with Crippen molar-refractivity contribution >= 4 is 11.9 Å². The molecule has 7 nitrogen and oxygen atoms in total. The number of rotatable bonds is 4. The molecule has 0 amide bonds. The quantitative estimate of drug-likeness (QED) is 0.925. The Morgan fingerprint density at radius 3 is 2.57 bits per heavy atom. The summed E-state index contributed by atoms with van der Waals surface area (Å²) in [6.45, 7) is 4.69. The van der Waals surface area contributed by atoms with Crippen molar-refractivity contribution in [3.63, 3.8) is 0 Å². The second kappa shape index (κ2) is 6.62. The van der Waals surface area contributed by atoms with Crippen LogP contribution in [0.2, 0.25) is 0 Å². The molecule has 1 aliphatic heterocycles. The number of benzene rings is 1. The van der Waals surface area contributed by atoms with E-state index in [1.165, 1.54) is 12.1 Å². The van der Waals surface area contributed by atoms with Crippen molar-refractivity contribution in [1.82, 2.24) is 9.97 Å². The van der Waals surface area contributed by atoms with E-state index in [2.05, 4.69) is 14.9 Å². The van der Waals surface area contributed by atoms with Gasteiger partial charge in [0.25, 0.3) is 0 Å². The van der Waals surface area contributed by atoms with Gasteiger partial charge < -0.3 is 19.5 Å². The topological polar surface area (TPSA) is 84.8 Å². The van der Waals surface area contributed by atoms with Crippen LogP contribution in [-0.2, 0) is 4.74 Å². The molecule has 1 aromatic carbocycles. The Hall–Kier alpha value is -2.67. The first-order valence-electron chi connectivity index (χ1n) is 7.31. The summed E-state index contributed by atoms with van der Waals surface area (Å²) in [7, 11) is 0. The zero-order valence-electron chi connectivity index (χ0n) is 12.7. The fraction of sp³-hybridized carbons (Fsp3) is 0.312. The van der Waals surface area contributed by atoms with Crippen LogP contribution in [0.3, 0.4) is 0 Å². The predicted molar refractivity (Wildman–Crippen MR) is 83.3 cm³/mol.